The van der Waals surface area contributed by atoms with Gasteiger partial charge in [0.1, 0.15) is 11.5 Å². The Labute approximate surface area is 90.8 Å². The molecule has 1 atom stereocenters. The molecule has 3 nitrogen and oxygen atoms in total. The summed E-state index contributed by atoms with van der Waals surface area (Å²) in [5, 5.41) is 0. The molecule has 0 aromatic heterocycles. The van der Waals surface area contributed by atoms with Crippen LogP contribution in [0.1, 0.15) is 17.3 Å². The van der Waals surface area contributed by atoms with Gasteiger partial charge in [-0.1, -0.05) is 6.92 Å². The Balaban J connectivity index is 2.76. The molecule has 1 heterocycles. The predicted molar refractivity (Wildman–Crippen MR) is 54.6 cm³/mol. The summed E-state index contributed by atoms with van der Waals surface area (Å²) in [5.41, 5.74) is -0.267. The normalized spacial score (nSPS) is 18.5. The molecule has 0 saturated heterocycles. The van der Waals surface area contributed by atoms with Gasteiger partial charge in [0.05, 0.1) is 18.6 Å². The Morgan fingerprint density at radius 1 is 1.38 bits per heavy atom. The van der Waals surface area contributed by atoms with E-state index >= 15 is 0 Å². The van der Waals surface area contributed by atoms with Crippen molar-refractivity contribution in [2.24, 2.45) is 10.9 Å². The van der Waals surface area contributed by atoms with Crippen molar-refractivity contribution in [1.82, 2.24) is 0 Å². The van der Waals surface area contributed by atoms with Gasteiger partial charge in [0.2, 0.25) is 0 Å². The molecule has 1 aliphatic heterocycles. The first kappa shape index (κ1) is 10.7. The molecule has 0 saturated carbocycles. The smallest absolute Gasteiger partial charge is 0.181 e. The van der Waals surface area contributed by atoms with Crippen LogP contribution >= 0.6 is 0 Å². The van der Waals surface area contributed by atoms with E-state index < -0.39 is 23.3 Å². The van der Waals surface area contributed by atoms with Gasteiger partial charge < -0.3 is 4.74 Å². The average Bonchev–Trinajstić information content (AvgIpc) is 2.23. The number of carbonyl (C=O) groups is 1. The number of Topliss-reactive ketones (excluding diaryl/α,β-unsaturated/α-hetero) is 1. The highest BCUT2D eigenvalue weighted by molar-refractivity contribution is 6.13. The zero-order chi connectivity index (χ0) is 11.9. The Morgan fingerprint density at radius 2 is 2.06 bits per heavy atom. The second-order valence-electron chi connectivity index (χ2n) is 3.53. The molecule has 2 rings (SSSR count). The van der Waals surface area contributed by atoms with Gasteiger partial charge in [-0.15, -0.1) is 0 Å². The van der Waals surface area contributed by atoms with Crippen LogP contribution in [-0.2, 0) is 0 Å². The number of carbonyl (C=O) groups excluding carboxylic acids is 1. The van der Waals surface area contributed by atoms with E-state index in [9.17, 15) is 13.6 Å². The minimum Gasteiger partial charge on any atom is -0.491 e. The van der Waals surface area contributed by atoms with E-state index in [-0.39, 0.29) is 17.0 Å². The standard InChI is InChI=1S/C11H9F2NO2/c1-5-4-14-9-8(10(5)15)6(12)3-7(13)11(9)16-2/h3-5H,1-2H3. The first-order valence-corrected chi connectivity index (χ1v) is 4.70. The lowest BCUT2D eigenvalue weighted by Gasteiger charge is -2.17. The van der Waals surface area contributed by atoms with Crippen molar-refractivity contribution in [3.8, 4) is 5.75 Å². The fourth-order valence-electron chi connectivity index (χ4n) is 1.62. The van der Waals surface area contributed by atoms with E-state index in [2.05, 4.69) is 4.99 Å². The molecule has 0 fully saturated rings. The third-order valence-electron chi connectivity index (χ3n) is 2.45. The van der Waals surface area contributed by atoms with Crippen LogP contribution in [0.25, 0.3) is 0 Å². The number of rotatable bonds is 1. The van der Waals surface area contributed by atoms with Crippen LogP contribution in [0.3, 0.4) is 0 Å². The molecule has 84 valence electrons. The van der Waals surface area contributed by atoms with Crippen LogP contribution in [0.4, 0.5) is 14.5 Å². The molecule has 0 N–H and O–H groups in total. The van der Waals surface area contributed by atoms with E-state index in [1.54, 1.807) is 6.92 Å². The van der Waals surface area contributed by atoms with Crippen molar-refractivity contribution in [1.29, 1.82) is 0 Å². The van der Waals surface area contributed by atoms with Crippen LogP contribution < -0.4 is 4.74 Å². The molecular formula is C11H9F2NO2. The van der Waals surface area contributed by atoms with Crippen molar-refractivity contribution >= 4 is 17.7 Å². The molecule has 0 radical (unpaired) electrons. The van der Waals surface area contributed by atoms with Gasteiger partial charge >= 0.3 is 0 Å². The van der Waals surface area contributed by atoms with Gasteiger partial charge in [0.25, 0.3) is 0 Å². The minimum atomic E-state index is -0.901. The SMILES string of the molecule is COc1c(F)cc(F)c2c1N=CC(C)C2=O. The highest BCUT2D eigenvalue weighted by atomic mass is 19.1. The molecule has 0 bridgehead atoms. The molecule has 0 spiro atoms. The summed E-state index contributed by atoms with van der Waals surface area (Å²) in [7, 11) is 1.24. The summed E-state index contributed by atoms with van der Waals surface area (Å²) in [6.45, 7) is 1.60. The summed E-state index contributed by atoms with van der Waals surface area (Å²) >= 11 is 0. The molecule has 16 heavy (non-hydrogen) atoms. The average molecular weight is 225 g/mol. The predicted octanol–water partition coefficient (Wildman–Crippen LogP) is 2.51. The number of ether oxygens (including phenoxy) is 1. The van der Waals surface area contributed by atoms with Crippen molar-refractivity contribution in [2.45, 2.75) is 6.92 Å². The topological polar surface area (TPSA) is 38.7 Å². The number of hydrogen-bond acceptors (Lipinski definition) is 3. The second kappa shape index (κ2) is 3.66. The largest absolute Gasteiger partial charge is 0.491 e. The number of aliphatic imine (C=N–C) groups is 1. The van der Waals surface area contributed by atoms with Gasteiger partial charge in [-0.2, -0.15) is 0 Å². The van der Waals surface area contributed by atoms with Crippen LogP contribution in [0.2, 0.25) is 0 Å². The molecule has 0 amide bonds. The Bertz CT molecular complexity index is 497. The summed E-state index contributed by atoms with van der Waals surface area (Å²) < 4.78 is 31.6. The number of halogens is 2. The molecule has 1 unspecified atom stereocenters. The number of hydrogen-bond donors (Lipinski definition) is 0. The Kier molecular flexibility index (Phi) is 2.46. The summed E-state index contributed by atoms with van der Waals surface area (Å²) in [6.07, 6.45) is 1.35. The zero-order valence-electron chi connectivity index (χ0n) is 8.75. The van der Waals surface area contributed by atoms with E-state index in [0.717, 1.165) is 0 Å². The number of ketones is 1. The Hall–Kier alpha value is -1.78. The first-order chi connectivity index (χ1) is 7.56. The molecule has 0 aliphatic carbocycles. The van der Waals surface area contributed by atoms with Crippen molar-refractivity contribution in [2.75, 3.05) is 7.11 Å². The fraction of sp³-hybridized carbons (Fsp3) is 0.273. The lowest BCUT2D eigenvalue weighted by atomic mass is 9.95. The maximum atomic E-state index is 13.5. The molecule has 1 aromatic rings. The number of methoxy groups -OCH3 is 1. The number of benzene rings is 1. The molecular weight excluding hydrogens is 216 g/mol. The highest BCUT2D eigenvalue weighted by Crippen LogP contribution is 2.39. The molecule has 1 aromatic carbocycles. The van der Waals surface area contributed by atoms with E-state index in [0.29, 0.717) is 6.07 Å². The Morgan fingerprint density at radius 3 is 2.69 bits per heavy atom. The summed E-state index contributed by atoms with van der Waals surface area (Å²) in [5.74, 6) is -2.88. The third kappa shape index (κ3) is 1.39. The van der Waals surface area contributed by atoms with Crippen LogP contribution in [0.5, 0.6) is 5.75 Å². The van der Waals surface area contributed by atoms with E-state index in [1.165, 1.54) is 13.3 Å². The maximum Gasteiger partial charge on any atom is 0.181 e. The summed E-state index contributed by atoms with van der Waals surface area (Å²) in [4.78, 5) is 15.6. The van der Waals surface area contributed by atoms with E-state index in [1.807, 2.05) is 0 Å². The van der Waals surface area contributed by atoms with Gasteiger partial charge in [0, 0.05) is 12.3 Å². The van der Waals surface area contributed by atoms with Crippen molar-refractivity contribution in [3.63, 3.8) is 0 Å². The zero-order valence-corrected chi connectivity index (χ0v) is 8.75. The van der Waals surface area contributed by atoms with Crippen molar-refractivity contribution < 1.29 is 18.3 Å². The molecule has 5 heteroatoms. The quantitative estimate of drug-likeness (QED) is 0.736. The second-order valence-corrected chi connectivity index (χ2v) is 3.53. The monoisotopic (exact) mass is 225 g/mol. The highest BCUT2D eigenvalue weighted by Gasteiger charge is 2.29. The van der Waals surface area contributed by atoms with Gasteiger partial charge in [0.15, 0.2) is 17.3 Å². The fourth-order valence-corrected chi connectivity index (χ4v) is 1.62. The van der Waals surface area contributed by atoms with Crippen LogP contribution in [0.15, 0.2) is 11.1 Å². The maximum absolute atomic E-state index is 13.5. The van der Waals surface area contributed by atoms with Gasteiger partial charge in [-0.25, -0.2) is 8.78 Å². The number of nitrogens with zero attached hydrogens (tertiary/aromatic N) is 1. The van der Waals surface area contributed by atoms with E-state index in [4.69, 9.17) is 4.74 Å². The first-order valence-electron chi connectivity index (χ1n) is 4.70. The third-order valence-corrected chi connectivity index (χ3v) is 2.45. The van der Waals surface area contributed by atoms with Gasteiger partial charge in [-0.3, -0.25) is 9.79 Å². The lowest BCUT2D eigenvalue weighted by molar-refractivity contribution is 0.0957. The van der Waals surface area contributed by atoms with Crippen LogP contribution in [-0.4, -0.2) is 19.1 Å². The van der Waals surface area contributed by atoms with Gasteiger partial charge in [-0.05, 0) is 0 Å². The van der Waals surface area contributed by atoms with Crippen molar-refractivity contribution in [3.05, 3.63) is 23.3 Å². The summed E-state index contributed by atoms with van der Waals surface area (Å²) in [6, 6.07) is 0.642. The molecule has 1 aliphatic rings. The minimum absolute atomic E-state index is 0.0666. The van der Waals surface area contributed by atoms with Crippen LogP contribution in [0, 0.1) is 17.6 Å². The lowest BCUT2D eigenvalue weighted by Crippen LogP contribution is -2.18. The number of fused-ring (bicyclic) bond motifs is 1.